The van der Waals surface area contributed by atoms with Crippen molar-refractivity contribution in [3.8, 4) is 0 Å². The van der Waals surface area contributed by atoms with E-state index < -0.39 is 0 Å². The van der Waals surface area contributed by atoms with Crippen molar-refractivity contribution in [2.24, 2.45) is 11.7 Å². The first-order valence-corrected chi connectivity index (χ1v) is 7.13. The Kier molecular flexibility index (Phi) is 4.40. The van der Waals surface area contributed by atoms with Crippen LogP contribution in [0.25, 0.3) is 0 Å². The van der Waals surface area contributed by atoms with Gasteiger partial charge in [-0.25, -0.2) is 4.98 Å². The second kappa shape index (κ2) is 5.83. The Labute approximate surface area is 112 Å². The summed E-state index contributed by atoms with van der Waals surface area (Å²) in [5.74, 6) is 1.88. The number of halogens is 1. The Morgan fingerprint density at radius 1 is 1.59 bits per heavy atom. The first kappa shape index (κ1) is 12.8. The Morgan fingerprint density at radius 3 is 3.12 bits per heavy atom. The van der Waals surface area contributed by atoms with Crippen molar-refractivity contribution in [2.75, 3.05) is 18.0 Å². The van der Waals surface area contributed by atoms with Crippen molar-refractivity contribution < 1.29 is 0 Å². The number of nitrogens with two attached hydrogens (primary N) is 1. The third-order valence-electron chi connectivity index (χ3n) is 3.53. The topological polar surface area (TPSA) is 42.2 Å². The molecule has 1 aromatic heterocycles. The lowest BCUT2D eigenvalue weighted by atomic mass is 9.95. The highest BCUT2D eigenvalue weighted by atomic mass is 79.9. The van der Waals surface area contributed by atoms with E-state index in [0.29, 0.717) is 6.54 Å². The molecule has 1 aliphatic heterocycles. The van der Waals surface area contributed by atoms with Gasteiger partial charge < -0.3 is 10.6 Å². The smallest absolute Gasteiger partial charge is 0.133 e. The van der Waals surface area contributed by atoms with Gasteiger partial charge in [-0.3, -0.25) is 0 Å². The molecule has 1 aromatic rings. The Bertz CT molecular complexity index is 381. The molecule has 1 atom stereocenters. The van der Waals surface area contributed by atoms with Crippen LogP contribution in [-0.4, -0.2) is 18.1 Å². The van der Waals surface area contributed by atoms with Gasteiger partial charge in [-0.15, -0.1) is 0 Å². The maximum Gasteiger partial charge on any atom is 0.133 e. The summed E-state index contributed by atoms with van der Waals surface area (Å²) in [7, 11) is 0. The van der Waals surface area contributed by atoms with E-state index in [9.17, 15) is 0 Å². The van der Waals surface area contributed by atoms with Crippen LogP contribution < -0.4 is 10.6 Å². The highest BCUT2D eigenvalue weighted by molar-refractivity contribution is 9.10. The highest BCUT2D eigenvalue weighted by Gasteiger charge is 2.21. The van der Waals surface area contributed by atoms with Gasteiger partial charge >= 0.3 is 0 Å². The lowest BCUT2D eigenvalue weighted by Gasteiger charge is -2.34. The van der Waals surface area contributed by atoms with Gasteiger partial charge in [0.15, 0.2) is 0 Å². The fourth-order valence-corrected chi connectivity index (χ4v) is 2.88. The molecule has 1 saturated heterocycles. The normalized spacial score (nSPS) is 20.6. The van der Waals surface area contributed by atoms with E-state index in [0.717, 1.165) is 34.9 Å². The summed E-state index contributed by atoms with van der Waals surface area (Å²) in [6.45, 7) is 5.05. The van der Waals surface area contributed by atoms with Crippen LogP contribution in [0.4, 0.5) is 5.82 Å². The number of piperidine rings is 1. The number of hydrogen-bond donors (Lipinski definition) is 1. The van der Waals surface area contributed by atoms with Crippen LogP contribution >= 0.6 is 15.9 Å². The standard InChI is InChI=1S/C13H20BrN3/c1-2-10-4-3-5-17(9-10)13-11(7-15)6-12(14)8-16-13/h6,8,10H,2-5,7,9,15H2,1H3. The van der Waals surface area contributed by atoms with Gasteiger partial charge in [0.05, 0.1) is 0 Å². The van der Waals surface area contributed by atoms with Crippen LogP contribution in [0.5, 0.6) is 0 Å². The molecule has 3 nitrogen and oxygen atoms in total. The molecule has 0 aliphatic carbocycles. The van der Waals surface area contributed by atoms with Crippen molar-refractivity contribution in [3.63, 3.8) is 0 Å². The lowest BCUT2D eigenvalue weighted by molar-refractivity contribution is 0.402. The van der Waals surface area contributed by atoms with Gasteiger partial charge in [0.25, 0.3) is 0 Å². The Morgan fingerprint density at radius 2 is 2.41 bits per heavy atom. The number of rotatable bonds is 3. The maximum atomic E-state index is 5.81. The second-order valence-corrected chi connectivity index (χ2v) is 5.62. The molecule has 94 valence electrons. The molecule has 0 amide bonds. The van der Waals surface area contributed by atoms with Gasteiger partial charge in [-0.2, -0.15) is 0 Å². The molecule has 1 fully saturated rings. The Balaban J connectivity index is 2.20. The summed E-state index contributed by atoms with van der Waals surface area (Å²) in [4.78, 5) is 6.94. The predicted molar refractivity (Wildman–Crippen MR) is 75.1 cm³/mol. The number of nitrogens with zero attached hydrogens (tertiary/aromatic N) is 2. The van der Waals surface area contributed by atoms with Crippen molar-refractivity contribution in [3.05, 3.63) is 22.3 Å². The Hall–Kier alpha value is -0.610. The lowest BCUT2D eigenvalue weighted by Crippen LogP contribution is -2.36. The summed E-state index contributed by atoms with van der Waals surface area (Å²) in [5, 5.41) is 0. The van der Waals surface area contributed by atoms with Crippen molar-refractivity contribution in [1.82, 2.24) is 4.98 Å². The summed E-state index contributed by atoms with van der Waals surface area (Å²) in [6, 6.07) is 2.08. The van der Waals surface area contributed by atoms with Crippen LogP contribution in [0.1, 0.15) is 31.7 Å². The van der Waals surface area contributed by atoms with E-state index in [1.54, 1.807) is 0 Å². The average molecular weight is 298 g/mol. The first-order chi connectivity index (χ1) is 8.24. The molecule has 2 N–H and O–H groups in total. The number of anilines is 1. The monoisotopic (exact) mass is 297 g/mol. The largest absolute Gasteiger partial charge is 0.356 e. The zero-order chi connectivity index (χ0) is 12.3. The molecule has 0 saturated carbocycles. The molecule has 0 spiro atoms. The van der Waals surface area contributed by atoms with Crippen LogP contribution in [0.3, 0.4) is 0 Å². The molecule has 4 heteroatoms. The van der Waals surface area contributed by atoms with Crippen molar-refractivity contribution in [1.29, 1.82) is 0 Å². The van der Waals surface area contributed by atoms with Gasteiger partial charge in [0, 0.05) is 35.9 Å². The zero-order valence-corrected chi connectivity index (χ0v) is 11.9. The third-order valence-corrected chi connectivity index (χ3v) is 3.96. The molecular formula is C13H20BrN3. The second-order valence-electron chi connectivity index (χ2n) is 4.70. The van der Waals surface area contributed by atoms with Crippen LogP contribution in [0.2, 0.25) is 0 Å². The fourth-order valence-electron chi connectivity index (χ4n) is 2.50. The summed E-state index contributed by atoms with van der Waals surface area (Å²) < 4.78 is 1.01. The molecule has 1 unspecified atom stereocenters. The van der Waals surface area contributed by atoms with Crippen LogP contribution in [0, 0.1) is 5.92 Å². The minimum Gasteiger partial charge on any atom is -0.356 e. The van der Waals surface area contributed by atoms with Crippen molar-refractivity contribution in [2.45, 2.75) is 32.7 Å². The molecule has 0 aromatic carbocycles. The molecular weight excluding hydrogens is 278 g/mol. The molecule has 1 aliphatic rings. The van der Waals surface area contributed by atoms with Gasteiger partial charge in [-0.05, 0) is 40.8 Å². The van der Waals surface area contributed by atoms with Gasteiger partial charge in [0.1, 0.15) is 5.82 Å². The van der Waals surface area contributed by atoms with Gasteiger partial charge in [-0.1, -0.05) is 13.3 Å². The molecule has 17 heavy (non-hydrogen) atoms. The summed E-state index contributed by atoms with van der Waals surface area (Å²) in [6.07, 6.45) is 5.73. The molecule has 0 bridgehead atoms. The van der Waals surface area contributed by atoms with Crippen LogP contribution in [0.15, 0.2) is 16.7 Å². The van der Waals surface area contributed by atoms with E-state index in [1.807, 2.05) is 6.20 Å². The van der Waals surface area contributed by atoms with E-state index >= 15 is 0 Å². The molecule has 0 radical (unpaired) electrons. The fraction of sp³-hybridized carbons (Fsp3) is 0.615. The predicted octanol–water partition coefficient (Wildman–Crippen LogP) is 2.93. The quantitative estimate of drug-likeness (QED) is 0.933. The maximum absolute atomic E-state index is 5.81. The van der Waals surface area contributed by atoms with E-state index in [-0.39, 0.29) is 0 Å². The number of hydrogen-bond acceptors (Lipinski definition) is 3. The molecule has 2 rings (SSSR count). The number of pyridine rings is 1. The highest BCUT2D eigenvalue weighted by Crippen LogP contribution is 2.27. The third kappa shape index (κ3) is 2.99. The first-order valence-electron chi connectivity index (χ1n) is 6.34. The SMILES string of the molecule is CCC1CCCN(c2ncc(Br)cc2CN)C1. The minimum absolute atomic E-state index is 0.551. The van der Waals surface area contributed by atoms with Gasteiger partial charge in [0.2, 0.25) is 0 Å². The number of aromatic nitrogens is 1. The van der Waals surface area contributed by atoms with E-state index in [2.05, 4.69) is 38.8 Å². The molecule has 2 heterocycles. The summed E-state index contributed by atoms with van der Waals surface area (Å²) in [5.41, 5.74) is 6.94. The minimum atomic E-state index is 0.551. The zero-order valence-electron chi connectivity index (χ0n) is 10.3. The summed E-state index contributed by atoms with van der Waals surface area (Å²) >= 11 is 3.45. The van der Waals surface area contributed by atoms with Crippen molar-refractivity contribution >= 4 is 21.7 Å². The average Bonchev–Trinajstić information content (AvgIpc) is 2.38. The van der Waals surface area contributed by atoms with Crippen LogP contribution in [-0.2, 0) is 6.54 Å². The van der Waals surface area contributed by atoms with E-state index in [1.165, 1.54) is 19.3 Å². The van der Waals surface area contributed by atoms with E-state index in [4.69, 9.17) is 5.73 Å².